The lowest BCUT2D eigenvalue weighted by atomic mass is 10.2. The molecular weight excluding hydrogens is 376 g/mol. The van der Waals surface area contributed by atoms with E-state index in [4.69, 9.17) is 4.74 Å². The van der Waals surface area contributed by atoms with Crippen molar-refractivity contribution in [1.82, 2.24) is 0 Å². The smallest absolute Gasteiger partial charge is 0.155 e. The van der Waals surface area contributed by atoms with Crippen LogP contribution in [0, 0.1) is 0 Å². The Kier molecular flexibility index (Phi) is 137. The van der Waals surface area contributed by atoms with Crippen molar-refractivity contribution in [3.63, 3.8) is 0 Å². The average Bonchev–Trinajstić information content (AvgIpc) is 2.40. The molecule has 0 radical (unpaired) electrons. The van der Waals surface area contributed by atoms with Gasteiger partial charge in [-0.05, 0) is 27.2 Å². The van der Waals surface area contributed by atoms with E-state index in [0.717, 1.165) is 13.0 Å². The Bertz CT molecular complexity index is 246. The van der Waals surface area contributed by atoms with Crippen LogP contribution in [-0.4, -0.2) is 65.8 Å². The van der Waals surface area contributed by atoms with Gasteiger partial charge in [-0.25, -0.2) is 0 Å². The maximum atomic E-state index is 10.0. The highest BCUT2D eigenvalue weighted by atomic mass is 16.6. The number of ketones is 3. The summed E-state index contributed by atoms with van der Waals surface area (Å²) in [5.41, 5.74) is 0. The fourth-order valence-electron chi connectivity index (χ4n) is 0.876. The molecule has 0 aromatic rings. The zero-order valence-electron chi connectivity index (χ0n) is 15.9. The Hall–Kier alpha value is -1.15. The molecule has 0 heterocycles. The van der Waals surface area contributed by atoms with Crippen molar-refractivity contribution in [2.24, 2.45) is 0 Å². The van der Waals surface area contributed by atoms with E-state index in [0.29, 0.717) is 6.79 Å². The van der Waals surface area contributed by atoms with Crippen LogP contribution in [0.5, 0.6) is 0 Å². The Labute approximate surface area is 184 Å². The summed E-state index contributed by atoms with van der Waals surface area (Å²) < 4.78 is 18.1. The minimum atomic E-state index is -0.0625. The minimum Gasteiger partial charge on any atom is -0.385 e. The van der Waals surface area contributed by atoms with Crippen molar-refractivity contribution >= 4 is 17.3 Å². The quantitative estimate of drug-likeness (QED) is 0.348. The van der Waals surface area contributed by atoms with Crippen LogP contribution in [-0.2, 0) is 33.3 Å². The van der Waals surface area contributed by atoms with E-state index in [1.165, 1.54) is 27.9 Å². The second-order valence-electron chi connectivity index (χ2n) is 4.40. The van der Waals surface area contributed by atoms with Gasteiger partial charge in [0.25, 0.3) is 0 Å². The fourth-order valence-corrected chi connectivity index (χ4v) is 0.876. The highest BCUT2D eigenvalue weighted by Crippen LogP contribution is 1.80. The van der Waals surface area contributed by atoms with Crippen LogP contribution in [0.15, 0.2) is 0 Å². The number of hydrogen-bond donors (Lipinski definition) is 0. The number of ether oxygens (including phenoxy) is 4. The topological polar surface area (TPSA) is 88.1 Å². The predicted molar refractivity (Wildman–Crippen MR) is 130 cm³/mol. The molecule has 0 atom stereocenters. The summed E-state index contributed by atoms with van der Waals surface area (Å²) in [6.45, 7) is 7.90. The molecule has 0 spiro atoms. The monoisotopic (exact) mass is 434 g/mol. The van der Waals surface area contributed by atoms with E-state index < -0.39 is 0 Å². The van der Waals surface area contributed by atoms with Gasteiger partial charge in [-0.1, -0.05) is 51.5 Å². The number of carbonyl (C=O) groups is 3. The molecule has 0 amide bonds. The summed E-state index contributed by atoms with van der Waals surface area (Å²) in [7, 11) is 6.39. The standard InChI is InChI=1S/C5H8O2.C4H8O2.C4H10O.C3H8O2.6CH4/c1-4(6)3-5(2)7;1-4(5)3-6-2;1-3-4-5-2;1-4-3-5-2;;;;;;/h3H2,1-2H3;3H2,1-2H3;3-4H2,1-2H3;3H2,1-2H3;6*1H4. The van der Waals surface area contributed by atoms with Crippen LogP contribution >= 0.6 is 0 Å². The lowest BCUT2D eigenvalue weighted by Gasteiger charge is -1.87. The third-order valence-electron chi connectivity index (χ3n) is 1.49. The number of hydrogen-bond acceptors (Lipinski definition) is 7. The first-order valence-corrected chi connectivity index (χ1v) is 7.17. The van der Waals surface area contributed by atoms with Gasteiger partial charge < -0.3 is 18.9 Å². The van der Waals surface area contributed by atoms with Gasteiger partial charge >= 0.3 is 0 Å². The molecule has 0 bridgehead atoms. The van der Waals surface area contributed by atoms with Gasteiger partial charge in [0.1, 0.15) is 25.0 Å². The zero-order valence-corrected chi connectivity index (χ0v) is 15.9. The summed E-state index contributed by atoms with van der Waals surface area (Å²) in [5.74, 6) is -0.0579. The van der Waals surface area contributed by atoms with Crippen LogP contribution in [0.25, 0.3) is 0 Å². The van der Waals surface area contributed by atoms with Gasteiger partial charge in [0.05, 0.1) is 6.42 Å². The Morgan fingerprint density at radius 3 is 0.931 bits per heavy atom. The summed E-state index contributed by atoms with van der Waals surface area (Å²) in [4.78, 5) is 30.0. The third kappa shape index (κ3) is 171. The maximum absolute atomic E-state index is 10.0. The molecule has 0 aliphatic heterocycles. The lowest BCUT2D eigenvalue weighted by Crippen LogP contribution is -1.98. The minimum absolute atomic E-state index is 0. The molecule has 7 heteroatoms. The number of rotatable bonds is 8. The molecule has 0 aromatic heterocycles. The Balaban J connectivity index is -0.0000000196. The first kappa shape index (κ1) is 63.0. The molecule has 0 saturated carbocycles. The number of methoxy groups -OCH3 is 4. The molecule has 0 saturated heterocycles. The Morgan fingerprint density at radius 2 is 0.931 bits per heavy atom. The lowest BCUT2D eigenvalue weighted by molar-refractivity contribution is -0.124. The van der Waals surface area contributed by atoms with Gasteiger partial charge in [0.2, 0.25) is 0 Å². The van der Waals surface area contributed by atoms with Gasteiger partial charge in [0, 0.05) is 35.0 Å². The van der Waals surface area contributed by atoms with Gasteiger partial charge in [0.15, 0.2) is 5.78 Å². The fraction of sp³-hybridized carbons (Fsp3) is 0.864. The van der Waals surface area contributed by atoms with Crippen molar-refractivity contribution < 1.29 is 33.3 Å². The van der Waals surface area contributed by atoms with Gasteiger partial charge in [-0.2, -0.15) is 0 Å². The Morgan fingerprint density at radius 1 is 0.586 bits per heavy atom. The molecule has 29 heavy (non-hydrogen) atoms. The average molecular weight is 435 g/mol. The maximum Gasteiger partial charge on any atom is 0.155 e. The highest BCUT2D eigenvalue weighted by molar-refractivity contribution is 5.96. The van der Waals surface area contributed by atoms with E-state index >= 15 is 0 Å². The summed E-state index contributed by atoms with van der Waals surface area (Å²) in [5, 5.41) is 0. The summed E-state index contributed by atoms with van der Waals surface area (Å²) in [6.07, 6.45) is 1.20. The van der Waals surface area contributed by atoms with Crippen LogP contribution in [0.4, 0.5) is 0 Å². The molecule has 0 fully saturated rings. The first-order chi connectivity index (χ1) is 10.7. The van der Waals surface area contributed by atoms with Crippen LogP contribution in [0.2, 0.25) is 0 Å². The van der Waals surface area contributed by atoms with Crippen molar-refractivity contribution in [1.29, 1.82) is 0 Å². The van der Waals surface area contributed by atoms with E-state index in [2.05, 4.69) is 21.1 Å². The molecule has 0 aliphatic rings. The van der Waals surface area contributed by atoms with Crippen molar-refractivity contribution in [2.45, 2.75) is 85.1 Å². The molecular formula is C22H58O7. The van der Waals surface area contributed by atoms with Crippen molar-refractivity contribution in [2.75, 3.05) is 48.4 Å². The number of carbonyl (C=O) groups excluding carboxylic acids is 3. The van der Waals surface area contributed by atoms with Crippen molar-refractivity contribution in [3.05, 3.63) is 0 Å². The predicted octanol–water partition coefficient (Wildman–Crippen LogP) is 5.87. The van der Waals surface area contributed by atoms with E-state index in [-0.39, 0.29) is 74.9 Å². The second-order valence-corrected chi connectivity index (χ2v) is 4.40. The highest BCUT2D eigenvalue weighted by Gasteiger charge is 1.94. The summed E-state index contributed by atoms with van der Waals surface area (Å²) in [6, 6.07) is 0. The van der Waals surface area contributed by atoms with Crippen LogP contribution in [0.1, 0.15) is 85.1 Å². The van der Waals surface area contributed by atoms with Gasteiger partial charge in [-0.15, -0.1) is 0 Å². The molecule has 7 nitrogen and oxygen atoms in total. The van der Waals surface area contributed by atoms with E-state index in [9.17, 15) is 14.4 Å². The zero-order chi connectivity index (χ0) is 19.1. The third-order valence-corrected chi connectivity index (χ3v) is 1.49. The van der Waals surface area contributed by atoms with E-state index in [1.807, 2.05) is 0 Å². The molecule has 0 rings (SSSR count). The first-order valence-electron chi connectivity index (χ1n) is 7.17. The van der Waals surface area contributed by atoms with E-state index in [1.54, 1.807) is 21.3 Å². The molecule has 0 unspecified atom stereocenters. The molecule has 0 aliphatic carbocycles. The second kappa shape index (κ2) is 63.2. The SMILES string of the molecule is C.C.C.C.C.C.CC(=O)CC(C)=O.CCCOC.COCC(C)=O.COCOC. The summed E-state index contributed by atoms with van der Waals surface area (Å²) >= 11 is 0. The molecule has 0 aromatic carbocycles. The molecule has 188 valence electrons. The normalized spacial score (nSPS) is 6.62. The van der Waals surface area contributed by atoms with Crippen LogP contribution in [0.3, 0.4) is 0 Å². The molecule has 0 N–H and O–H groups in total. The van der Waals surface area contributed by atoms with Gasteiger partial charge in [-0.3, -0.25) is 14.4 Å². The number of Topliss-reactive ketones (excluding diaryl/α,β-unsaturated/α-hetero) is 3. The van der Waals surface area contributed by atoms with Crippen LogP contribution < -0.4 is 0 Å². The van der Waals surface area contributed by atoms with Crippen molar-refractivity contribution in [3.8, 4) is 0 Å². The largest absolute Gasteiger partial charge is 0.385 e.